The van der Waals surface area contributed by atoms with Gasteiger partial charge in [-0.3, -0.25) is 0 Å². The molecule has 3 heterocycles. The molecular formula is C12H17N5O4S. The number of anilines is 1. The minimum Gasteiger partial charge on any atom is -0.374 e. The van der Waals surface area contributed by atoms with E-state index >= 15 is 0 Å². The Bertz CT molecular complexity index is 775. The molecule has 2 aromatic rings. The Morgan fingerprint density at radius 3 is 3.05 bits per heavy atom. The van der Waals surface area contributed by atoms with Crippen LogP contribution in [0, 0.1) is 6.92 Å². The van der Waals surface area contributed by atoms with Crippen molar-refractivity contribution < 1.29 is 17.7 Å². The van der Waals surface area contributed by atoms with Crippen molar-refractivity contribution in [1.29, 1.82) is 0 Å². The molecule has 0 aliphatic carbocycles. The summed E-state index contributed by atoms with van der Waals surface area (Å²) in [7, 11) is -3.20. The molecular weight excluding hydrogens is 310 g/mol. The predicted octanol–water partition coefficient (Wildman–Crippen LogP) is -0.00148. The standard InChI is InChI=1S/C12H17N5O4S/c1-8-10-11(14-7-15-12(10)21-16-8)13-5-9-6-17(3-4-20-9)22(2,18)19/h7,9H,3-6H2,1-2H3,(H,13,14,15). The van der Waals surface area contributed by atoms with Crippen LogP contribution in [0.1, 0.15) is 5.69 Å². The Morgan fingerprint density at radius 1 is 1.45 bits per heavy atom. The highest BCUT2D eigenvalue weighted by Crippen LogP contribution is 2.22. The lowest BCUT2D eigenvalue weighted by molar-refractivity contribution is 0.00702. The highest BCUT2D eigenvalue weighted by molar-refractivity contribution is 7.88. The van der Waals surface area contributed by atoms with Crippen LogP contribution < -0.4 is 5.32 Å². The highest BCUT2D eigenvalue weighted by atomic mass is 32.2. The third-order valence-electron chi connectivity index (χ3n) is 3.51. The second-order valence-electron chi connectivity index (χ2n) is 5.17. The Morgan fingerprint density at radius 2 is 2.27 bits per heavy atom. The van der Waals surface area contributed by atoms with Crippen LogP contribution in [0.5, 0.6) is 0 Å². The monoisotopic (exact) mass is 327 g/mol. The number of sulfonamides is 1. The van der Waals surface area contributed by atoms with Gasteiger partial charge in [0.1, 0.15) is 17.5 Å². The lowest BCUT2D eigenvalue weighted by atomic mass is 10.2. The molecule has 0 saturated carbocycles. The molecule has 1 unspecified atom stereocenters. The Balaban J connectivity index is 1.70. The molecule has 1 aliphatic heterocycles. The fourth-order valence-corrected chi connectivity index (χ4v) is 3.23. The van der Waals surface area contributed by atoms with Crippen LogP contribution in [-0.2, 0) is 14.8 Å². The van der Waals surface area contributed by atoms with E-state index in [9.17, 15) is 8.42 Å². The first kappa shape index (κ1) is 15.1. The van der Waals surface area contributed by atoms with Gasteiger partial charge < -0.3 is 14.6 Å². The molecule has 0 spiro atoms. The van der Waals surface area contributed by atoms with Gasteiger partial charge in [-0.05, 0) is 6.92 Å². The van der Waals surface area contributed by atoms with Crippen molar-refractivity contribution in [1.82, 2.24) is 19.4 Å². The summed E-state index contributed by atoms with van der Waals surface area (Å²) in [5.74, 6) is 0.601. The molecule has 1 saturated heterocycles. The molecule has 1 fully saturated rings. The smallest absolute Gasteiger partial charge is 0.263 e. The molecule has 0 amide bonds. The molecule has 2 aromatic heterocycles. The van der Waals surface area contributed by atoms with Gasteiger partial charge in [-0.15, -0.1) is 0 Å². The number of hydrogen-bond acceptors (Lipinski definition) is 8. The molecule has 0 aromatic carbocycles. The number of aryl methyl sites for hydroxylation is 1. The number of morpholine rings is 1. The average molecular weight is 327 g/mol. The molecule has 1 aliphatic rings. The van der Waals surface area contributed by atoms with Crippen molar-refractivity contribution >= 4 is 26.9 Å². The first-order valence-corrected chi connectivity index (χ1v) is 8.67. The zero-order chi connectivity index (χ0) is 15.7. The van der Waals surface area contributed by atoms with E-state index in [0.29, 0.717) is 43.5 Å². The maximum absolute atomic E-state index is 11.6. The molecule has 22 heavy (non-hydrogen) atoms. The summed E-state index contributed by atoms with van der Waals surface area (Å²) in [6.07, 6.45) is 2.35. The van der Waals surface area contributed by atoms with Crippen molar-refractivity contribution in [2.24, 2.45) is 0 Å². The van der Waals surface area contributed by atoms with E-state index < -0.39 is 10.0 Å². The third kappa shape index (κ3) is 3.03. The maximum Gasteiger partial charge on any atom is 0.263 e. The Hall–Kier alpha value is -1.78. The quantitative estimate of drug-likeness (QED) is 0.835. The topological polar surface area (TPSA) is 110 Å². The number of aromatic nitrogens is 3. The van der Waals surface area contributed by atoms with Crippen LogP contribution in [0.4, 0.5) is 5.82 Å². The zero-order valence-electron chi connectivity index (χ0n) is 12.3. The van der Waals surface area contributed by atoms with Gasteiger partial charge >= 0.3 is 0 Å². The van der Waals surface area contributed by atoms with Gasteiger partial charge in [0.25, 0.3) is 5.71 Å². The summed E-state index contributed by atoms with van der Waals surface area (Å²) in [4.78, 5) is 8.19. The summed E-state index contributed by atoms with van der Waals surface area (Å²) >= 11 is 0. The number of hydrogen-bond donors (Lipinski definition) is 1. The minimum atomic E-state index is -3.20. The van der Waals surface area contributed by atoms with Crippen LogP contribution >= 0.6 is 0 Å². The van der Waals surface area contributed by atoms with Crippen molar-refractivity contribution in [3.8, 4) is 0 Å². The van der Waals surface area contributed by atoms with Gasteiger partial charge in [0, 0.05) is 19.6 Å². The minimum absolute atomic E-state index is 0.242. The lowest BCUT2D eigenvalue weighted by Crippen LogP contribution is -2.47. The van der Waals surface area contributed by atoms with Gasteiger partial charge in [-0.2, -0.15) is 9.29 Å². The van der Waals surface area contributed by atoms with Crippen LogP contribution in [0.15, 0.2) is 10.9 Å². The molecule has 0 bridgehead atoms. The molecule has 120 valence electrons. The molecule has 1 atom stereocenters. The summed E-state index contributed by atoms with van der Waals surface area (Å²) in [6.45, 7) is 3.33. The Kier molecular flexibility index (Phi) is 3.98. The highest BCUT2D eigenvalue weighted by Gasteiger charge is 2.26. The van der Waals surface area contributed by atoms with Crippen molar-refractivity contribution in [3.63, 3.8) is 0 Å². The summed E-state index contributed by atoms with van der Waals surface area (Å²) < 4.78 is 35.3. The first-order chi connectivity index (χ1) is 10.4. The number of nitrogens with one attached hydrogen (secondary N) is 1. The number of ether oxygens (including phenoxy) is 1. The van der Waals surface area contributed by atoms with E-state index in [-0.39, 0.29) is 6.10 Å². The third-order valence-corrected chi connectivity index (χ3v) is 4.78. The molecule has 10 heteroatoms. The van der Waals surface area contributed by atoms with Crippen molar-refractivity contribution in [2.45, 2.75) is 13.0 Å². The van der Waals surface area contributed by atoms with E-state index in [2.05, 4.69) is 20.4 Å². The van der Waals surface area contributed by atoms with Gasteiger partial charge in [-0.1, -0.05) is 5.16 Å². The molecule has 0 radical (unpaired) electrons. The van der Waals surface area contributed by atoms with Crippen molar-refractivity contribution in [2.75, 3.05) is 37.8 Å². The Labute approximate surface area is 127 Å². The fraction of sp³-hybridized carbons (Fsp3) is 0.583. The second-order valence-corrected chi connectivity index (χ2v) is 7.15. The van der Waals surface area contributed by atoms with E-state index in [4.69, 9.17) is 9.26 Å². The van der Waals surface area contributed by atoms with Gasteiger partial charge in [0.15, 0.2) is 0 Å². The SMILES string of the molecule is Cc1noc2ncnc(NCC3CN(S(C)(=O)=O)CCO3)c12. The van der Waals surface area contributed by atoms with Gasteiger partial charge in [0.05, 0.1) is 24.7 Å². The molecule has 9 nitrogen and oxygen atoms in total. The average Bonchev–Trinajstić information content (AvgIpc) is 2.87. The maximum atomic E-state index is 11.6. The largest absolute Gasteiger partial charge is 0.374 e. The van der Waals surface area contributed by atoms with E-state index in [1.54, 1.807) is 0 Å². The first-order valence-electron chi connectivity index (χ1n) is 6.82. The molecule has 3 rings (SSSR count). The van der Waals surface area contributed by atoms with Crippen LogP contribution in [0.2, 0.25) is 0 Å². The van der Waals surface area contributed by atoms with Crippen LogP contribution in [-0.4, -0.2) is 66.4 Å². The lowest BCUT2D eigenvalue weighted by Gasteiger charge is -2.31. The van der Waals surface area contributed by atoms with Gasteiger partial charge in [-0.25, -0.2) is 13.4 Å². The van der Waals surface area contributed by atoms with E-state index in [1.165, 1.54) is 16.9 Å². The molecule has 1 N–H and O–H groups in total. The zero-order valence-corrected chi connectivity index (χ0v) is 13.1. The normalized spacial score (nSPS) is 20.4. The predicted molar refractivity (Wildman–Crippen MR) is 79.0 cm³/mol. The summed E-state index contributed by atoms with van der Waals surface area (Å²) in [5.41, 5.74) is 1.11. The second kappa shape index (κ2) is 5.78. The number of rotatable bonds is 4. The summed E-state index contributed by atoms with van der Waals surface area (Å²) in [5, 5.41) is 7.74. The number of fused-ring (bicyclic) bond motifs is 1. The van der Waals surface area contributed by atoms with Gasteiger partial charge in [0.2, 0.25) is 10.0 Å². The fourth-order valence-electron chi connectivity index (χ4n) is 2.38. The van der Waals surface area contributed by atoms with E-state index in [0.717, 1.165) is 5.39 Å². The van der Waals surface area contributed by atoms with Crippen LogP contribution in [0.25, 0.3) is 11.1 Å². The van der Waals surface area contributed by atoms with E-state index in [1.807, 2.05) is 6.92 Å². The van der Waals surface area contributed by atoms with Crippen molar-refractivity contribution in [3.05, 3.63) is 12.0 Å². The number of nitrogens with zero attached hydrogens (tertiary/aromatic N) is 4. The summed E-state index contributed by atoms with van der Waals surface area (Å²) in [6, 6.07) is 0. The van der Waals surface area contributed by atoms with Crippen LogP contribution in [0.3, 0.4) is 0 Å².